The topological polar surface area (TPSA) is 80.5 Å². The molecule has 18 heavy (non-hydrogen) atoms. The van der Waals surface area contributed by atoms with Gasteiger partial charge in [0.2, 0.25) is 0 Å². The highest BCUT2D eigenvalue weighted by atomic mass is 15.0. The Morgan fingerprint density at radius 3 is 2.78 bits per heavy atom. The highest BCUT2D eigenvalue weighted by molar-refractivity contribution is 5.68. The Morgan fingerprint density at radius 1 is 1.17 bits per heavy atom. The second-order valence-corrected chi connectivity index (χ2v) is 4.09. The lowest BCUT2D eigenvalue weighted by Crippen LogP contribution is -2.02. The summed E-state index contributed by atoms with van der Waals surface area (Å²) in [4.78, 5) is 15.7. The molecule has 0 bridgehead atoms. The highest BCUT2D eigenvalue weighted by Crippen LogP contribution is 2.14. The summed E-state index contributed by atoms with van der Waals surface area (Å²) >= 11 is 0. The molecule has 1 aromatic carbocycles. The van der Waals surface area contributed by atoms with Crippen LogP contribution in [0.1, 0.15) is 17.0 Å². The normalized spacial score (nSPS) is 10.9. The molecular weight excluding hydrogens is 226 g/mol. The van der Waals surface area contributed by atoms with Crippen LogP contribution in [0.3, 0.4) is 0 Å². The summed E-state index contributed by atoms with van der Waals surface area (Å²) in [6, 6.07) is 8.12. The van der Waals surface area contributed by atoms with E-state index in [4.69, 9.17) is 5.73 Å². The van der Waals surface area contributed by atoms with Crippen molar-refractivity contribution < 1.29 is 0 Å². The lowest BCUT2D eigenvalue weighted by molar-refractivity contribution is 0.976. The zero-order chi connectivity index (χ0) is 12.4. The fraction of sp³-hybridized carbons (Fsp3) is 0.154. The minimum Gasteiger partial charge on any atom is -0.339 e. The van der Waals surface area contributed by atoms with E-state index in [2.05, 4.69) is 26.0 Å². The molecule has 0 aliphatic heterocycles. The summed E-state index contributed by atoms with van der Waals surface area (Å²) in [5, 5.41) is 0. The summed E-state index contributed by atoms with van der Waals surface area (Å²) in [5.41, 5.74) is 9.61. The van der Waals surface area contributed by atoms with E-state index >= 15 is 0 Å². The van der Waals surface area contributed by atoms with Gasteiger partial charge in [0.25, 0.3) is 0 Å². The number of fused-ring (bicyclic) bond motifs is 1. The van der Waals surface area contributed by atoms with Crippen molar-refractivity contribution in [2.45, 2.75) is 13.0 Å². The van der Waals surface area contributed by atoms with Crippen molar-refractivity contribution in [1.29, 1.82) is 0 Å². The first kappa shape index (κ1) is 10.9. The molecule has 0 aliphatic rings. The third-order valence-electron chi connectivity index (χ3n) is 2.91. The molecular formula is C13H13N5. The first-order chi connectivity index (χ1) is 8.86. The summed E-state index contributed by atoms with van der Waals surface area (Å²) in [6.07, 6.45) is 3.96. The molecule has 2 aromatic heterocycles. The van der Waals surface area contributed by atoms with E-state index in [0.29, 0.717) is 12.2 Å². The van der Waals surface area contributed by atoms with Gasteiger partial charge in [-0.15, -0.1) is 0 Å². The number of nitrogens with one attached hydrogen (secondary N) is 1. The molecule has 0 spiro atoms. The lowest BCUT2D eigenvalue weighted by atomic mass is 10.0. The van der Waals surface area contributed by atoms with Gasteiger partial charge in [0.15, 0.2) is 5.65 Å². The van der Waals surface area contributed by atoms with Crippen molar-refractivity contribution in [2.24, 2.45) is 5.73 Å². The van der Waals surface area contributed by atoms with Gasteiger partial charge in [-0.05, 0) is 11.1 Å². The molecule has 5 heteroatoms. The molecule has 0 unspecified atom stereocenters. The SMILES string of the molecule is NCc1ccccc1Cc1nc2ncncc2[nH]1. The monoisotopic (exact) mass is 239 g/mol. The van der Waals surface area contributed by atoms with Gasteiger partial charge in [0, 0.05) is 13.0 Å². The van der Waals surface area contributed by atoms with Crippen molar-refractivity contribution in [1.82, 2.24) is 19.9 Å². The van der Waals surface area contributed by atoms with Crippen LogP contribution in [0.15, 0.2) is 36.8 Å². The highest BCUT2D eigenvalue weighted by Gasteiger charge is 2.06. The molecule has 0 fully saturated rings. The largest absolute Gasteiger partial charge is 0.339 e. The molecule has 0 saturated heterocycles. The van der Waals surface area contributed by atoms with Crippen molar-refractivity contribution in [3.05, 3.63) is 53.7 Å². The first-order valence-corrected chi connectivity index (χ1v) is 5.78. The number of imidazole rings is 1. The molecule has 0 atom stereocenters. The Balaban J connectivity index is 1.96. The Bertz CT molecular complexity index is 641. The van der Waals surface area contributed by atoms with Gasteiger partial charge in [-0.1, -0.05) is 24.3 Å². The standard InChI is InChI=1S/C13H13N5/c14-6-10-4-2-1-3-9(10)5-12-17-11-7-15-8-16-13(11)18-12/h1-4,7-8H,5-6,14H2,(H,15,16,17,18). The van der Waals surface area contributed by atoms with Crippen LogP contribution in [0.2, 0.25) is 0 Å². The second kappa shape index (κ2) is 4.54. The molecule has 3 N–H and O–H groups in total. The number of hydrogen-bond acceptors (Lipinski definition) is 4. The van der Waals surface area contributed by atoms with Crippen LogP contribution in [0.25, 0.3) is 11.2 Å². The molecule has 2 heterocycles. The predicted octanol–water partition coefficient (Wildman–Crippen LogP) is 1.40. The number of H-pyrrole nitrogens is 1. The van der Waals surface area contributed by atoms with Crippen molar-refractivity contribution in [3.63, 3.8) is 0 Å². The lowest BCUT2D eigenvalue weighted by Gasteiger charge is -2.04. The van der Waals surface area contributed by atoms with Crippen LogP contribution < -0.4 is 5.73 Å². The number of nitrogens with two attached hydrogens (primary N) is 1. The van der Waals surface area contributed by atoms with Crippen LogP contribution >= 0.6 is 0 Å². The molecule has 5 nitrogen and oxygen atoms in total. The quantitative estimate of drug-likeness (QED) is 0.724. The van der Waals surface area contributed by atoms with E-state index in [0.717, 1.165) is 23.3 Å². The predicted molar refractivity (Wildman–Crippen MR) is 68.8 cm³/mol. The Hall–Kier alpha value is -2.27. The molecule has 0 radical (unpaired) electrons. The third kappa shape index (κ3) is 1.96. The van der Waals surface area contributed by atoms with Gasteiger partial charge in [0.1, 0.15) is 17.7 Å². The van der Waals surface area contributed by atoms with E-state index in [9.17, 15) is 0 Å². The summed E-state index contributed by atoms with van der Waals surface area (Å²) in [6.45, 7) is 0.538. The van der Waals surface area contributed by atoms with Gasteiger partial charge >= 0.3 is 0 Å². The number of benzene rings is 1. The van der Waals surface area contributed by atoms with Gasteiger partial charge < -0.3 is 10.7 Å². The van der Waals surface area contributed by atoms with Crippen LogP contribution in [0.4, 0.5) is 0 Å². The summed E-state index contributed by atoms with van der Waals surface area (Å²) < 4.78 is 0. The van der Waals surface area contributed by atoms with Crippen LogP contribution in [-0.4, -0.2) is 19.9 Å². The summed E-state index contributed by atoms with van der Waals surface area (Å²) in [7, 11) is 0. The van der Waals surface area contributed by atoms with Crippen molar-refractivity contribution >= 4 is 11.2 Å². The minimum absolute atomic E-state index is 0.538. The maximum Gasteiger partial charge on any atom is 0.180 e. The van der Waals surface area contributed by atoms with E-state index in [1.54, 1.807) is 6.20 Å². The number of nitrogens with zero attached hydrogens (tertiary/aromatic N) is 3. The fourth-order valence-corrected chi connectivity index (χ4v) is 2.00. The van der Waals surface area contributed by atoms with Gasteiger partial charge in [-0.3, -0.25) is 0 Å². The molecule has 0 amide bonds. The maximum atomic E-state index is 5.73. The average Bonchev–Trinajstić information content (AvgIpc) is 2.81. The Labute approximate surface area is 104 Å². The number of rotatable bonds is 3. The van der Waals surface area contributed by atoms with E-state index in [1.165, 1.54) is 11.9 Å². The van der Waals surface area contributed by atoms with Crippen LogP contribution in [0, 0.1) is 0 Å². The van der Waals surface area contributed by atoms with Gasteiger partial charge in [-0.25, -0.2) is 15.0 Å². The molecule has 0 aliphatic carbocycles. The van der Waals surface area contributed by atoms with E-state index in [-0.39, 0.29) is 0 Å². The molecule has 0 saturated carbocycles. The average molecular weight is 239 g/mol. The van der Waals surface area contributed by atoms with Crippen LogP contribution in [0.5, 0.6) is 0 Å². The minimum atomic E-state index is 0.538. The molecule has 3 aromatic rings. The van der Waals surface area contributed by atoms with Gasteiger partial charge in [-0.2, -0.15) is 0 Å². The number of aromatic nitrogens is 4. The maximum absolute atomic E-state index is 5.73. The third-order valence-corrected chi connectivity index (χ3v) is 2.91. The second-order valence-electron chi connectivity index (χ2n) is 4.09. The zero-order valence-corrected chi connectivity index (χ0v) is 9.80. The Morgan fingerprint density at radius 2 is 2.00 bits per heavy atom. The Kier molecular flexibility index (Phi) is 2.74. The molecule has 90 valence electrons. The number of aromatic amines is 1. The van der Waals surface area contributed by atoms with Crippen molar-refractivity contribution in [3.8, 4) is 0 Å². The van der Waals surface area contributed by atoms with E-state index < -0.39 is 0 Å². The first-order valence-electron chi connectivity index (χ1n) is 5.78. The molecule has 3 rings (SSSR count). The van der Waals surface area contributed by atoms with E-state index in [1.807, 2.05) is 18.2 Å². The number of hydrogen-bond donors (Lipinski definition) is 2. The summed E-state index contributed by atoms with van der Waals surface area (Å²) in [5.74, 6) is 0.881. The zero-order valence-electron chi connectivity index (χ0n) is 9.80. The smallest absolute Gasteiger partial charge is 0.180 e. The van der Waals surface area contributed by atoms with Crippen LogP contribution in [-0.2, 0) is 13.0 Å². The van der Waals surface area contributed by atoms with Gasteiger partial charge in [0.05, 0.1) is 6.20 Å². The fourth-order valence-electron chi connectivity index (χ4n) is 2.00. The van der Waals surface area contributed by atoms with Crippen molar-refractivity contribution in [2.75, 3.05) is 0 Å².